The van der Waals surface area contributed by atoms with Crippen molar-refractivity contribution in [1.82, 2.24) is 0 Å². The van der Waals surface area contributed by atoms with Crippen LogP contribution in [0.3, 0.4) is 0 Å². The third-order valence-corrected chi connectivity index (χ3v) is 3.55. The Bertz CT molecular complexity index is 537. The first-order chi connectivity index (χ1) is 14.7. The maximum atomic E-state index is 11.8. The van der Waals surface area contributed by atoms with Crippen molar-refractivity contribution in [2.45, 2.75) is 66.7 Å². The minimum Gasteiger partial charge on any atom is -0.388 e. The van der Waals surface area contributed by atoms with E-state index in [1.54, 1.807) is 21.3 Å². The van der Waals surface area contributed by atoms with Gasteiger partial charge < -0.3 is 9.47 Å². The van der Waals surface area contributed by atoms with Crippen molar-refractivity contribution in [3.8, 4) is 0 Å². The van der Waals surface area contributed by atoms with Crippen LogP contribution in [0.15, 0.2) is 60.7 Å². The van der Waals surface area contributed by atoms with Gasteiger partial charge in [-0.2, -0.15) is 0 Å². The van der Waals surface area contributed by atoms with Gasteiger partial charge in [-0.25, -0.2) is 0 Å². The summed E-state index contributed by atoms with van der Waals surface area (Å²) in [4.78, 5) is 11.8. The maximum Gasteiger partial charge on any atom is 0.137 e. The summed E-state index contributed by atoms with van der Waals surface area (Å²) in [6.45, 7) is 10.8. The molecule has 0 heterocycles. The van der Waals surface area contributed by atoms with E-state index in [9.17, 15) is 4.79 Å². The fourth-order valence-corrected chi connectivity index (χ4v) is 2.21. The highest BCUT2D eigenvalue weighted by Crippen LogP contribution is 2.08. The molecule has 0 aliphatic heterocycles. The number of benzene rings is 2. The lowest BCUT2D eigenvalue weighted by molar-refractivity contribution is -0.118. The van der Waals surface area contributed by atoms with Crippen LogP contribution in [0.2, 0.25) is 0 Å². The second-order valence-corrected chi connectivity index (χ2v) is 5.88. The summed E-state index contributed by atoms with van der Waals surface area (Å²) in [6.07, 6.45) is 4.42. The minimum absolute atomic E-state index is 0.347. The van der Waals surface area contributed by atoms with Crippen LogP contribution in [-0.2, 0) is 27.1 Å². The van der Waals surface area contributed by atoms with Crippen molar-refractivity contribution in [2.75, 3.05) is 27.9 Å². The van der Waals surface area contributed by atoms with Crippen molar-refractivity contribution < 1.29 is 14.3 Å². The number of hydrogen-bond donors (Lipinski definition) is 0. The van der Waals surface area contributed by atoms with Crippen molar-refractivity contribution in [2.24, 2.45) is 0 Å². The number of ketones is 1. The summed E-state index contributed by atoms with van der Waals surface area (Å²) in [5, 5.41) is 0. The quantitative estimate of drug-likeness (QED) is 0.426. The molecule has 0 spiro atoms. The van der Waals surface area contributed by atoms with Crippen LogP contribution in [0.25, 0.3) is 0 Å². The van der Waals surface area contributed by atoms with Crippen LogP contribution in [0, 0.1) is 0 Å². The number of unbranched alkanes of at least 4 members (excludes halogenated alkanes) is 1. The molecule has 2 aromatic rings. The standard InChI is InChI=1S/C18H20O.C3H8O.C2H6O.2C2H6/c19-18(15-17-12-5-2-6-13-17)14-8-7-11-16-9-3-1-4-10-16;1-3-4-2;1-3-2;2*1-2/h1-6,9-10,12-13H,7-8,11,14-15H2;3H2,1-2H3;1-2H3;2*1-2H3. The molecule has 0 aromatic heterocycles. The average Bonchev–Trinajstić information content (AvgIpc) is 2.81. The molecule has 0 unspecified atom stereocenters. The van der Waals surface area contributed by atoms with Crippen molar-refractivity contribution in [3.05, 3.63) is 71.8 Å². The predicted octanol–water partition coefficient (Wildman–Crippen LogP) is 7.18. The fourth-order valence-electron chi connectivity index (χ4n) is 2.21. The van der Waals surface area contributed by atoms with Crippen LogP contribution >= 0.6 is 0 Å². The highest BCUT2D eigenvalue weighted by molar-refractivity contribution is 5.80. The number of ether oxygens (including phenoxy) is 2. The lowest BCUT2D eigenvalue weighted by atomic mass is 10.0. The fraction of sp³-hybridized carbons (Fsp3) is 0.519. The molecule has 0 atom stereocenters. The lowest BCUT2D eigenvalue weighted by Gasteiger charge is -2.02. The van der Waals surface area contributed by atoms with E-state index in [0.717, 1.165) is 31.4 Å². The zero-order valence-electron chi connectivity index (χ0n) is 20.7. The number of rotatable bonds is 8. The molecule has 0 aliphatic rings. The highest BCUT2D eigenvalue weighted by Gasteiger charge is 2.03. The SMILES string of the molecule is CC.CC.CCOC.COC.O=C(CCCCc1ccccc1)Cc1ccccc1. The number of carbonyl (C=O) groups excluding carboxylic acids is 1. The second kappa shape index (κ2) is 29.2. The van der Waals surface area contributed by atoms with Gasteiger partial charge >= 0.3 is 0 Å². The number of Topliss-reactive ketones (excluding diaryl/α,β-unsaturated/α-hetero) is 1. The zero-order chi connectivity index (χ0) is 23.5. The molecule has 0 fully saturated rings. The van der Waals surface area contributed by atoms with Gasteiger partial charge in [0.1, 0.15) is 5.78 Å². The van der Waals surface area contributed by atoms with Crippen LogP contribution in [0.4, 0.5) is 0 Å². The van der Waals surface area contributed by atoms with Gasteiger partial charge in [-0.1, -0.05) is 88.4 Å². The number of methoxy groups -OCH3 is 2. The van der Waals surface area contributed by atoms with E-state index in [0.29, 0.717) is 18.6 Å². The largest absolute Gasteiger partial charge is 0.388 e. The highest BCUT2D eigenvalue weighted by atomic mass is 16.5. The summed E-state index contributed by atoms with van der Waals surface area (Å²) >= 11 is 0. The van der Waals surface area contributed by atoms with Gasteiger partial charge in [-0.05, 0) is 37.3 Å². The summed E-state index contributed by atoms with van der Waals surface area (Å²) in [6, 6.07) is 20.4. The Morgan fingerprint density at radius 3 is 1.53 bits per heavy atom. The van der Waals surface area contributed by atoms with Gasteiger partial charge in [0.15, 0.2) is 0 Å². The lowest BCUT2D eigenvalue weighted by Crippen LogP contribution is -2.02. The van der Waals surface area contributed by atoms with Crippen LogP contribution in [-0.4, -0.2) is 33.7 Å². The van der Waals surface area contributed by atoms with Crippen molar-refractivity contribution in [3.63, 3.8) is 0 Å². The number of hydrogen-bond acceptors (Lipinski definition) is 3. The average molecular weight is 419 g/mol. The van der Waals surface area contributed by atoms with Gasteiger partial charge in [0.2, 0.25) is 0 Å². The first kappa shape index (κ1) is 32.7. The van der Waals surface area contributed by atoms with Crippen LogP contribution in [0.5, 0.6) is 0 Å². The molecule has 3 nitrogen and oxygen atoms in total. The second-order valence-electron chi connectivity index (χ2n) is 5.88. The van der Waals surface area contributed by atoms with E-state index >= 15 is 0 Å². The van der Waals surface area contributed by atoms with Crippen LogP contribution in [0.1, 0.15) is 65.0 Å². The Balaban J connectivity index is -0.000000561. The maximum absolute atomic E-state index is 11.8. The van der Waals surface area contributed by atoms with E-state index < -0.39 is 0 Å². The smallest absolute Gasteiger partial charge is 0.137 e. The molecule has 172 valence electrons. The van der Waals surface area contributed by atoms with Gasteiger partial charge in [-0.15, -0.1) is 0 Å². The topological polar surface area (TPSA) is 35.5 Å². The zero-order valence-corrected chi connectivity index (χ0v) is 20.7. The van der Waals surface area contributed by atoms with E-state index in [-0.39, 0.29) is 0 Å². The molecule has 0 bridgehead atoms. The molecule has 2 aromatic carbocycles. The third kappa shape index (κ3) is 24.1. The van der Waals surface area contributed by atoms with Crippen molar-refractivity contribution >= 4 is 5.78 Å². The molecule has 0 N–H and O–H groups in total. The Morgan fingerprint density at radius 2 is 1.13 bits per heavy atom. The Hall–Kier alpha value is -1.97. The molecule has 0 aliphatic carbocycles. The number of aryl methyl sites for hydroxylation is 1. The molecule has 30 heavy (non-hydrogen) atoms. The summed E-state index contributed by atoms with van der Waals surface area (Å²) in [5.74, 6) is 0.347. The monoisotopic (exact) mass is 418 g/mol. The van der Waals surface area contributed by atoms with Crippen LogP contribution < -0.4 is 0 Å². The molecule has 0 amide bonds. The van der Waals surface area contributed by atoms with Gasteiger partial charge in [-0.3, -0.25) is 4.79 Å². The Labute approximate surface area is 186 Å². The van der Waals surface area contributed by atoms with Crippen molar-refractivity contribution in [1.29, 1.82) is 0 Å². The first-order valence-electron chi connectivity index (χ1n) is 11.2. The van der Waals surface area contributed by atoms with E-state index in [4.69, 9.17) is 0 Å². The Morgan fingerprint density at radius 1 is 0.733 bits per heavy atom. The molecule has 3 heteroatoms. The molecule has 0 saturated carbocycles. The van der Waals surface area contributed by atoms with Gasteiger partial charge in [0, 0.05) is 40.8 Å². The molecule has 0 radical (unpaired) electrons. The van der Waals surface area contributed by atoms with E-state index in [1.165, 1.54) is 5.56 Å². The van der Waals surface area contributed by atoms with Gasteiger partial charge in [0.25, 0.3) is 0 Å². The normalized spacial score (nSPS) is 8.53. The third-order valence-electron chi connectivity index (χ3n) is 3.55. The molecular formula is C27H46O3. The first-order valence-corrected chi connectivity index (χ1v) is 11.2. The summed E-state index contributed by atoms with van der Waals surface area (Å²) in [5.41, 5.74) is 2.48. The summed E-state index contributed by atoms with van der Waals surface area (Å²) < 4.78 is 8.79. The predicted molar refractivity (Wildman–Crippen MR) is 132 cm³/mol. The molecular weight excluding hydrogens is 372 g/mol. The summed E-state index contributed by atoms with van der Waals surface area (Å²) in [7, 11) is 4.93. The van der Waals surface area contributed by atoms with E-state index in [2.05, 4.69) is 33.7 Å². The Kier molecular flexibility index (Phi) is 31.9. The minimum atomic E-state index is 0.347. The van der Waals surface area contributed by atoms with E-state index in [1.807, 2.05) is 71.0 Å². The molecule has 2 rings (SSSR count). The van der Waals surface area contributed by atoms with Gasteiger partial charge in [0.05, 0.1) is 0 Å². The number of carbonyl (C=O) groups is 1. The molecule has 0 saturated heterocycles.